The second-order valence-electron chi connectivity index (χ2n) is 6.86. The smallest absolute Gasteiger partial charge is 0.261 e. The van der Waals surface area contributed by atoms with Crippen molar-refractivity contribution in [1.29, 1.82) is 0 Å². The van der Waals surface area contributed by atoms with Gasteiger partial charge in [0.05, 0.1) is 0 Å². The Hall–Kier alpha value is -2.60. The first-order valence-electron chi connectivity index (χ1n) is 9.53. The van der Waals surface area contributed by atoms with Gasteiger partial charge in [-0.25, -0.2) is 4.39 Å². The molecule has 0 aliphatic carbocycles. The van der Waals surface area contributed by atoms with Crippen LogP contribution in [-0.4, -0.2) is 35.4 Å². The van der Waals surface area contributed by atoms with Crippen molar-refractivity contribution >= 4 is 23.4 Å². The Morgan fingerprint density at radius 1 is 1.14 bits per heavy atom. The summed E-state index contributed by atoms with van der Waals surface area (Å²) >= 11 is 5.93. The topological polar surface area (TPSA) is 58.6 Å². The number of ether oxygens (including phenoxy) is 1. The summed E-state index contributed by atoms with van der Waals surface area (Å²) in [6, 6.07) is 12.2. The van der Waals surface area contributed by atoms with Gasteiger partial charge in [0.25, 0.3) is 5.91 Å². The number of hydrogen-bond donors (Lipinski definition) is 1. The molecule has 7 heteroatoms. The number of carbonyl (C=O) groups is 2. The molecule has 0 bridgehead atoms. The van der Waals surface area contributed by atoms with Crippen molar-refractivity contribution in [3.05, 3.63) is 64.9 Å². The molecule has 0 aromatic heterocycles. The Kier molecular flexibility index (Phi) is 8.46. The summed E-state index contributed by atoms with van der Waals surface area (Å²) in [7, 11) is 0. The molecule has 2 rings (SSSR count). The predicted molar refractivity (Wildman–Crippen MR) is 111 cm³/mol. The third-order valence-corrected chi connectivity index (χ3v) is 4.87. The average Bonchev–Trinajstić information content (AvgIpc) is 2.71. The van der Waals surface area contributed by atoms with E-state index in [-0.39, 0.29) is 30.9 Å². The van der Waals surface area contributed by atoms with Crippen LogP contribution >= 0.6 is 11.6 Å². The Bertz CT molecular complexity index is 829. The van der Waals surface area contributed by atoms with Crippen molar-refractivity contribution in [2.45, 2.75) is 45.8 Å². The molecule has 5 nitrogen and oxygen atoms in total. The van der Waals surface area contributed by atoms with E-state index in [1.807, 2.05) is 13.8 Å². The van der Waals surface area contributed by atoms with Crippen LogP contribution in [0, 0.1) is 5.82 Å². The molecule has 0 heterocycles. The Labute approximate surface area is 175 Å². The van der Waals surface area contributed by atoms with Gasteiger partial charge in [0.15, 0.2) is 18.2 Å². The maximum Gasteiger partial charge on any atom is 0.261 e. The number of halogens is 2. The van der Waals surface area contributed by atoms with Crippen molar-refractivity contribution < 1.29 is 18.7 Å². The molecule has 2 amide bonds. The summed E-state index contributed by atoms with van der Waals surface area (Å²) in [5.41, 5.74) is 0.817. The normalized spacial score (nSPS) is 12.7. The van der Waals surface area contributed by atoms with Crippen molar-refractivity contribution in [2.24, 2.45) is 0 Å². The zero-order valence-corrected chi connectivity index (χ0v) is 17.6. The quantitative estimate of drug-likeness (QED) is 0.661. The Morgan fingerprint density at radius 3 is 2.41 bits per heavy atom. The summed E-state index contributed by atoms with van der Waals surface area (Å²) < 4.78 is 19.1. The Balaban J connectivity index is 2.15. The molecule has 0 spiro atoms. The SMILES string of the molecule is CC[C@H](C)NC(=O)[C@@H](C)N(Cc1ccc(Cl)cc1)C(=O)COc1ccccc1F. The summed E-state index contributed by atoms with van der Waals surface area (Å²) in [5, 5.41) is 3.47. The largest absolute Gasteiger partial charge is 0.481 e. The lowest BCUT2D eigenvalue weighted by molar-refractivity contribution is -0.142. The van der Waals surface area contributed by atoms with Crippen LogP contribution in [0.25, 0.3) is 0 Å². The third-order valence-electron chi connectivity index (χ3n) is 4.62. The minimum Gasteiger partial charge on any atom is -0.481 e. The summed E-state index contributed by atoms with van der Waals surface area (Å²) in [6.45, 7) is 5.35. The molecule has 0 aliphatic heterocycles. The lowest BCUT2D eigenvalue weighted by Gasteiger charge is -2.29. The predicted octanol–water partition coefficient (Wildman–Crippen LogP) is 4.19. The van der Waals surface area contributed by atoms with Gasteiger partial charge in [0.2, 0.25) is 5.91 Å². The van der Waals surface area contributed by atoms with Gasteiger partial charge in [-0.15, -0.1) is 0 Å². The van der Waals surface area contributed by atoms with Crippen LogP contribution in [0.2, 0.25) is 5.02 Å². The highest BCUT2D eigenvalue weighted by Crippen LogP contribution is 2.17. The molecule has 1 N–H and O–H groups in total. The summed E-state index contributed by atoms with van der Waals surface area (Å²) in [5.74, 6) is -1.24. The minimum absolute atomic E-state index is 0.00732. The second kappa shape index (κ2) is 10.8. The maximum atomic E-state index is 13.8. The number of hydrogen-bond acceptors (Lipinski definition) is 3. The lowest BCUT2D eigenvalue weighted by Crippen LogP contribution is -2.50. The molecular formula is C22H26ClFN2O3. The van der Waals surface area contributed by atoms with Crippen LogP contribution in [0.3, 0.4) is 0 Å². The molecule has 0 saturated carbocycles. The van der Waals surface area contributed by atoms with E-state index in [4.69, 9.17) is 16.3 Å². The molecule has 29 heavy (non-hydrogen) atoms. The number of nitrogens with zero attached hydrogens (tertiary/aromatic N) is 1. The number of nitrogens with one attached hydrogen (secondary N) is 1. The fourth-order valence-electron chi connectivity index (χ4n) is 2.62. The number of carbonyl (C=O) groups excluding carboxylic acids is 2. The van der Waals surface area contributed by atoms with E-state index in [0.29, 0.717) is 5.02 Å². The van der Waals surface area contributed by atoms with Gasteiger partial charge in [-0.1, -0.05) is 42.8 Å². The van der Waals surface area contributed by atoms with Crippen molar-refractivity contribution in [3.63, 3.8) is 0 Å². The zero-order chi connectivity index (χ0) is 21.4. The highest BCUT2D eigenvalue weighted by atomic mass is 35.5. The van der Waals surface area contributed by atoms with Crippen molar-refractivity contribution in [3.8, 4) is 5.75 Å². The van der Waals surface area contributed by atoms with Gasteiger partial charge in [0.1, 0.15) is 6.04 Å². The van der Waals surface area contributed by atoms with E-state index < -0.39 is 17.8 Å². The van der Waals surface area contributed by atoms with Crippen LogP contribution in [0.1, 0.15) is 32.8 Å². The van der Waals surface area contributed by atoms with E-state index in [2.05, 4.69) is 5.32 Å². The molecule has 156 valence electrons. The lowest BCUT2D eigenvalue weighted by atomic mass is 10.1. The molecule has 0 radical (unpaired) electrons. The molecule has 0 unspecified atom stereocenters. The van der Waals surface area contributed by atoms with E-state index in [1.165, 1.54) is 23.1 Å². The number of rotatable bonds is 9. The van der Waals surface area contributed by atoms with Gasteiger partial charge in [0, 0.05) is 17.6 Å². The fourth-order valence-corrected chi connectivity index (χ4v) is 2.74. The molecule has 2 atom stereocenters. The van der Waals surface area contributed by atoms with Gasteiger partial charge >= 0.3 is 0 Å². The number of amides is 2. The standard InChI is InChI=1S/C22H26ClFN2O3/c1-4-15(2)25-22(28)16(3)26(13-17-9-11-18(23)12-10-17)21(27)14-29-20-8-6-5-7-19(20)24/h5-12,15-16H,4,13-14H2,1-3H3,(H,25,28)/t15-,16+/m0/s1. The second-order valence-corrected chi connectivity index (χ2v) is 7.30. The van der Waals surface area contributed by atoms with Crippen molar-refractivity contribution in [1.82, 2.24) is 10.2 Å². The summed E-state index contributed by atoms with van der Waals surface area (Å²) in [6.07, 6.45) is 0.778. The zero-order valence-electron chi connectivity index (χ0n) is 16.8. The van der Waals surface area contributed by atoms with Crippen LogP contribution in [0.15, 0.2) is 48.5 Å². The van der Waals surface area contributed by atoms with Crippen LogP contribution in [0.5, 0.6) is 5.75 Å². The van der Waals surface area contributed by atoms with E-state index in [0.717, 1.165) is 12.0 Å². The van der Waals surface area contributed by atoms with E-state index in [1.54, 1.807) is 37.3 Å². The molecule has 2 aromatic carbocycles. The van der Waals surface area contributed by atoms with Gasteiger partial charge in [-0.2, -0.15) is 0 Å². The molecule has 0 saturated heterocycles. The maximum absolute atomic E-state index is 13.8. The van der Waals surface area contributed by atoms with Crippen LogP contribution < -0.4 is 10.1 Å². The highest BCUT2D eigenvalue weighted by Gasteiger charge is 2.27. The van der Waals surface area contributed by atoms with Crippen LogP contribution in [0.4, 0.5) is 4.39 Å². The first-order chi connectivity index (χ1) is 13.8. The number of para-hydroxylation sites is 1. The van der Waals surface area contributed by atoms with Gasteiger partial charge < -0.3 is 15.0 Å². The molecule has 0 fully saturated rings. The summed E-state index contributed by atoms with van der Waals surface area (Å²) in [4.78, 5) is 26.9. The van der Waals surface area contributed by atoms with E-state index in [9.17, 15) is 14.0 Å². The van der Waals surface area contributed by atoms with Crippen LogP contribution in [-0.2, 0) is 16.1 Å². The third kappa shape index (κ3) is 6.75. The first-order valence-corrected chi connectivity index (χ1v) is 9.91. The monoisotopic (exact) mass is 420 g/mol. The van der Waals surface area contributed by atoms with E-state index >= 15 is 0 Å². The molecule has 2 aromatic rings. The average molecular weight is 421 g/mol. The molecule has 0 aliphatic rings. The van der Waals surface area contributed by atoms with Gasteiger partial charge in [-0.05, 0) is 50.1 Å². The Morgan fingerprint density at radius 2 is 1.79 bits per heavy atom. The highest BCUT2D eigenvalue weighted by molar-refractivity contribution is 6.30. The minimum atomic E-state index is -0.726. The fraction of sp³-hybridized carbons (Fsp3) is 0.364. The first kappa shape index (κ1) is 22.7. The number of benzene rings is 2. The molecular weight excluding hydrogens is 395 g/mol. The van der Waals surface area contributed by atoms with Gasteiger partial charge in [-0.3, -0.25) is 9.59 Å². The van der Waals surface area contributed by atoms with Crippen molar-refractivity contribution in [2.75, 3.05) is 6.61 Å².